The molecular formula is C19H27NO5. The highest BCUT2D eigenvalue weighted by molar-refractivity contribution is 5.80. The maximum absolute atomic E-state index is 12.6. The van der Waals surface area contributed by atoms with E-state index < -0.39 is 17.5 Å². The van der Waals surface area contributed by atoms with Gasteiger partial charge in [0, 0.05) is 19.5 Å². The van der Waals surface area contributed by atoms with Gasteiger partial charge in [0.2, 0.25) is 5.91 Å². The fourth-order valence-electron chi connectivity index (χ4n) is 3.54. The molecule has 1 aromatic rings. The summed E-state index contributed by atoms with van der Waals surface area (Å²) in [7, 11) is 1.60. The highest BCUT2D eigenvalue weighted by Gasteiger charge is 2.49. The number of hydrogen-bond donors (Lipinski definition) is 2. The Balaban J connectivity index is 2.02. The fraction of sp³-hybridized carbons (Fsp3) is 0.579. The van der Waals surface area contributed by atoms with E-state index >= 15 is 0 Å². The number of carbonyl (C=O) groups is 2. The van der Waals surface area contributed by atoms with E-state index in [-0.39, 0.29) is 12.5 Å². The van der Waals surface area contributed by atoms with E-state index in [0.717, 1.165) is 11.3 Å². The van der Waals surface area contributed by atoms with Gasteiger partial charge in [-0.25, -0.2) is 0 Å². The van der Waals surface area contributed by atoms with Gasteiger partial charge in [-0.1, -0.05) is 25.5 Å². The number of carboxylic acids is 1. The van der Waals surface area contributed by atoms with Crippen molar-refractivity contribution in [2.24, 2.45) is 5.41 Å². The van der Waals surface area contributed by atoms with Crippen LogP contribution in [0.15, 0.2) is 24.3 Å². The Labute approximate surface area is 148 Å². The SMILES string of the molecule is CCC[C@@]1(C(=O)O)CN(C(=O)CCc2cccc(OC)c2)CC[C@@H]1O. The van der Waals surface area contributed by atoms with Crippen molar-refractivity contribution in [3.8, 4) is 5.75 Å². The molecule has 25 heavy (non-hydrogen) atoms. The standard InChI is InChI=1S/C19H27NO5/c1-3-10-19(18(23)24)13-20(11-9-16(19)21)17(22)8-7-14-5-4-6-15(12-14)25-2/h4-6,12,16,21H,3,7-11,13H2,1-2H3,(H,23,24)/t16-,19+/m0/s1. The van der Waals surface area contributed by atoms with Gasteiger partial charge in [-0.05, 0) is 37.0 Å². The molecule has 2 rings (SSSR count). The molecule has 0 saturated carbocycles. The third kappa shape index (κ3) is 4.31. The first-order chi connectivity index (χ1) is 11.9. The van der Waals surface area contributed by atoms with Crippen molar-refractivity contribution in [3.63, 3.8) is 0 Å². The third-order valence-electron chi connectivity index (χ3n) is 5.02. The number of nitrogens with zero attached hydrogens (tertiary/aromatic N) is 1. The maximum atomic E-state index is 12.6. The monoisotopic (exact) mass is 349 g/mol. The van der Waals surface area contributed by atoms with Crippen LogP contribution in [0.25, 0.3) is 0 Å². The zero-order valence-corrected chi connectivity index (χ0v) is 14.9. The molecule has 1 amide bonds. The Morgan fingerprint density at radius 1 is 1.40 bits per heavy atom. The van der Waals surface area contributed by atoms with E-state index in [4.69, 9.17) is 4.74 Å². The number of piperidine rings is 1. The number of amides is 1. The second kappa shape index (κ2) is 8.34. The number of methoxy groups -OCH3 is 1. The van der Waals surface area contributed by atoms with Crippen LogP contribution in [0, 0.1) is 5.41 Å². The van der Waals surface area contributed by atoms with Gasteiger partial charge in [0.25, 0.3) is 0 Å². The third-order valence-corrected chi connectivity index (χ3v) is 5.02. The molecule has 1 aliphatic heterocycles. The van der Waals surface area contributed by atoms with Crippen molar-refractivity contribution in [2.75, 3.05) is 20.2 Å². The van der Waals surface area contributed by atoms with Crippen molar-refractivity contribution < 1.29 is 24.5 Å². The summed E-state index contributed by atoms with van der Waals surface area (Å²) in [5.74, 6) is -0.345. The van der Waals surface area contributed by atoms with Gasteiger partial charge in [0.1, 0.15) is 11.2 Å². The lowest BCUT2D eigenvalue weighted by Gasteiger charge is -2.43. The smallest absolute Gasteiger partial charge is 0.314 e. The average Bonchev–Trinajstić information content (AvgIpc) is 2.61. The lowest BCUT2D eigenvalue weighted by Crippen LogP contribution is -2.57. The Kier molecular flexibility index (Phi) is 6.42. The summed E-state index contributed by atoms with van der Waals surface area (Å²) in [5.41, 5.74) is -0.249. The quantitative estimate of drug-likeness (QED) is 0.787. The van der Waals surface area contributed by atoms with Gasteiger partial charge in [0.15, 0.2) is 0 Å². The summed E-state index contributed by atoms with van der Waals surface area (Å²) < 4.78 is 5.18. The number of carbonyl (C=O) groups excluding carboxylic acids is 1. The van der Waals surface area contributed by atoms with Crippen molar-refractivity contribution in [1.29, 1.82) is 0 Å². The van der Waals surface area contributed by atoms with Crippen LogP contribution in [-0.4, -0.2) is 53.3 Å². The Bertz CT molecular complexity index is 618. The summed E-state index contributed by atoms with van der Waals surface area (Å²) in [6, 6.07) is 7.57. The average molecular weight is 349 g/mol. The van der Waals surface area contributed by atoms with E-state index in [1.807, 2.05) is 31.2 Å². The van der Waals surface area contributed by atoms with Gasteiger partial charge >= 0.3 is 5.97 Å². The highest BCUT2D eigenvalue weighted by Crippen LogP contribution is 2.35. The number of ether oxygens (including phenoxy) is 1. The van der Waals surface area contributed by atoms with Gasteiger partial charge in [0.05, 0.1) is 13.2 Å². The maximum Gasteiger partial charge on any atom is 0.314 e. The highest BCUT2D eigenvalue weighted by atomic mass is 16.5. The molecule has 1 heterocycles. The number of aliphatic hydroxyl groups excluding tert-OH is 1. The second-order valence-corrected chi connectivity index (χ2v) is 6.68. The fourth-order valence-corrected chi connectivity index (χ4v) is 3.54. The van der Waals surface area contributed by atoms with Gasteiger partial charge in [-0.2, -0.15) is 0 Å². The first-order valence-electron chi connectivity index (χ1n) is 8.75. The normalized spacial score (nSPS) is 23.3. The van der Waals surface area contributed by atoms with E-state index in [1.54, 1.807) is 12.0 Å². The number of likely N-dealkylation sites (tertiary alicyclic amines) is 1. The molecule has 0 aromatic heterocycles. The number of benzene rings is 1. The van der Waals surface area contributed by atoms with Crippen molar-refractivity contribution in [1.82, 2.24) is 4.90 Å². The van der Waals surface area contributed by atoms with Gasteiger partial charge in [-0.15, -0.1) is 0 Å². The summed E-state index contributed by atoms with van der Waals surface area (Å²) in [6.07, 6.45) is 1.29. The summed E-state index contributed by atoms with van der Waals surface area (Å²) in [4.78, 5) is 25.9. The number of aliphatic hydroxyl groups is 1. The van der Waals surface area contributed by atoms with Crippen LogP contribution in [-0.2, 0) is 16.0 Å². The van der Waals surface area contributed by atoms with Crippen LogP contribution >= 0.6 is 0 Å². The molecule has 6 heteroatoms. The van der Waals surface area contributed by atoms with Crippen LogP contribution < -0.4 is 4.74 Å². The molecule has 2 N–H and O–H groups in total. The molecule has 0 unspecified atom stereocenters. The molecule has 138 valence electrons. The molecule has 0 bridgehead atoms. The van der Waals surface area contributed by atoms with E-state index in [0.29, 0.717) is 38.6 Å². The summed E-state index contributed by atoms with van der Waals surface area (Å²) in [6.45, 7) is 2.37. The van der Waals surface area contributed by atoms with Crippen molar-refractivity contribution >= 4 is 11.9 Å². The zero-order chi connectivity index (χ0) is 18.4. The first-order valence-corrected chi connectivity index (χ1v) is 8.75. The molecular weight excluding hydrogens is 322 g/mol. The lowest BCUT2D eigenvalue weighted by atomic mass is 9.74. The minimum Gasteiger partial charge on any atom is -0.497 e. The van der Waals surface area contributed by atoms with Gasteiger partial charge in [-0.3, -0.25) is 9.59 Å². The molecule has 0 aliphatic carbocycles. The number of rotatable bonds is 7. The second-order valence-electron chi connectivity index (χ2n) is 6.68. The topological polar surface area (TPSA) is 87.1 Å². The molecule has 0 spiro atoms. The predicted molar refractivity (Wildman–Crippen MR) is 93.5 cm³/mol. The predicted octanol–water partition coefficient (Wildman–Crippen LogP) is 2.09. The van der Waals surface area contributed by atoms with Crippen LogP contribution in [0.2, 0.25) is 0 Å². The number of carboxylic acid groups (broad SMARTS) is 1. The first kappa shape index (κ1) is 19.2. The van der Waals surface area contributed by atoms with Crippen LogP contribution in [0.3, 0.4) is 0 Å². The molecule has 1 fully saturated rings. The number of hydrogen-bond acceptors (Lipinski definition) is 4. The Morgan fingerprint density at radius 3 is 2.80 bits per heavy atom. The molecule has 6 nitrogen and oxygen atoms in total. The van der Waals surface area contributed by atoms with Crippen LogP contribution in [0.5, 0.6) is 5.75 Å². The molecule has 1 aliphatic rings. The number of aliphatic carboxylic acids is 1. The van der Waals surface area contributed by atoms with Gasteiger partial charge < -0.3 is 19.8 Å². The summed E-state index contributed by atoms with van der Waals surface area (Å²) in [5, 5.41) is 19.9. The van der Waals surface area contributed by atoms with E-state index in [1.165, 1.54) is 0 Å². The lowest BCUT2D eigenvalue weighted by molar-refractivity contribution is -0.166. The minimum atomic E-state index is -1.25. The molecule has 2 atom stereocenters. The largest absolute Gasteiger partial charge is 0.497 e. The molecule has 0 radical (unpaired) electrons. The van der Waals surface area contributed by atoms with E-state index in [9.17, 15) is 19.8 Å². The number of aryl methyl sites for hydroxylation is 1. The van der Waals surface area contributed by atoms with Crippen molar-refractivity contribution in [2.45, 2.75) is 45.1 Å². The van der Waals surface area contributed by atoms with E-state index in [2.05, 4.69) is 0 Å². The zero-order valence-electron chi connectivity index (χ0n) is 14.9. The summed E-state index contributed by atoms with van der Waals surface area (Å²) >= 11 is 0. The van der Waals surface area contributed by atoms with Crippen LogP contribution in [0.1, 0.15) is 38.2 Å². The molecule has 1 aromatic carbocycles. The van der Waals surface area contributed by atoms with Crippen molar-refractivity contribution in [3.05, 3.63) is 29.8 Å². The Hall–Kier alpha value is -2.08. The minimum absolute atomic E-state index is 0.0727. The van der Waals surface area contributed by atoms with Crippen LogP contribution in [0.4, 0.5) is 0 Å². The molecule has 1 saturated heterocycles. The Morgan fingerprint density at radius 2 is 2.16 bits per heavy atom.